The van der Waals surface area contributed by atoms with E-state index in [2.05, 4.69) is 42.3 Å². The summed E-state index contributed by atoms with van der Waals surface area (Å²) < 4.78 is 15.4. The van der Waals surface area contributed by atoms with Gasteiger partial charge in [-0.3, -0.25) is 14.8 Å². The van der Waals surface area contributed by atoms with Crippen molar-refractivity contribution in [2.45, 2.75) is 64.1 Å². The van der Waals surface area contributed by atoms with E-state index in [1.807, 2.05) is 43.3 Å². The maximum atomic E-state index is 15.4. The number of halogens is 2. The van der Waals surface area contributed by atoms with Gasteiger partial charge in [-0.15, -0.1) is 12.4 Å². The van der Waals surface area contributed by atoms with Crippen LogP contribution in [0, 0.1) is 31.5 Å². The average molecular weight is 634 g/mol. The van der Waals surface area contributed by atoms with E-state index >= 15 is 4.39 Å². The van der Waals surface area contributed by atoms with Crippen LogP contribution >= 0.6 is 12.4 Å². The van der Waals surface area contributed by atoms with Gasteiger partial charge >= 0.3 is 0 Å². The number of nitrogens with zero attached hydrogens (tertiary/aromatic N) is 5. The predicted molar refractivity (Wildman–Crippen MR) is 177 cm³/mol. The molecule has 238 valence electrons. The molecule has 11 heteroatoms. The molecular formula is C34H41ClFN7O2. The first-order valence-electron chi connectivity index (χ1n) is 15.8. The summed E-state index contributed by atoms with van der Waals surface area (Å²) in [6.45, 7) is 7.06. The molecule has 3 aliphatic rings. The number of aromatic amines is 1. The van der Waals surface area contributed by atoms with E-state index < -0.39 is 11.4 Å². The number of hydrogen-bond donors (Lipinski definition) is 3. The van der Waals surface area contributed by atoms with Crippen molar-refractivity contribution in [2.75, 3.05) is 36.0 Å². The molecule has 0 radical (unpaired) electrons. The van der Waals surface area contributed by atoms with Crippen LogP contribution in [-0.4, -0.2) is 56.8 Å². The fraction of sp³-hybridized carbons (Fsp3) is 0.471. The van der Waals surface area contributed by atoms with E-state index in [0.29, 0.717) is 49.1 Å². The quantitative estimate of drug-likeness (QED) is 0.249. The second kappa shape index (κ2) is 12.7. The van der Waals surface area contributed by atoms with Crippen LogP contribution in [0.3, 0.4) is 0 Å². The molecule has 1 aliphatic carbocycles. The SMILES string of the molecule is Cc1ccc(N2CCC[C@H](C(NCc3c[nH]c4nc(N5CC[C@@](O)(C6CC6)C5)c(F)cc4c3=O)c3ccnc(C)c3)C2)cn1.Cl. The zero-order valence-electron chi connectivity index (χ0n) is 25.8. The molecule has 3 atom stereocenters. The normalized spacial score (nSPS) is 22.4. The van der Waals surface area contributed by atoms with Crippen LogP contribution < -0.4 is 20.5 Å². The van der Waals surface area contributed by atoms with Gasteiger partial charge in [-0.05, 0) is 93.7 Å². The van der Waals surface area contributed by atoms with E-state index in [1.165, 1.54) is 6.07 Å². The monoisotopic (exact) mass is 633 g/mol. The topological polar surface area (TPSA) is 110 Å². The zero-order valence-corrected chi connectivity index (χ0v) is 26.6. The van der Waals surface area contributed by atoms with Gasteiger partial charge in [0.15, 0.2) is 17.1 Å². The Hall–Kier alpha value is -3.60. The number of β-amino-alcohol motifs (C(OH)–C–C–N with tert-alkyl or cyclic N) is 1. The average Bonchev–Trinajstić information content (AvgIpc) is 3.81. The van der Waals surface area contributed by atoms with Crippen molar-refractivity contribution >= 4 is 34.9 Å². The van der Waals surface area contributed by atoms with Crippen molar-refractivity contribution < 1.29 is 9.50 Å². The van der Waals surface area contributed by atoms with Crippen LogP contribution in [0.15, 0.2) is 53.7 Å². The number of H-pyrrole nitrogens is 1. The summed E-state index contributed by atoms with van der Waals surface area (Å²) in [4.78, 5) is 34.4. The third kappa shape index (κ3) is 6.41. The fourth-order valence-corrected chi connectivity index (χ4v) is 7.16. The van der Waals surface area contributed by atoms with Crippen molar-refractivity contribution in [1.29, 1.82) is 0 Å². The lowest BCUT2D eigenvalue weighted by Crippen LogP contribution is -2.42. The highest BCUT2D eigenvalue weighted by Crippen LogP contribution is 2.45. The molecule has 6 heterocycles. The molecule has 4 aromatic heterocycles. The molecule has 4 aromatic rings. The first-order chi connectivity index (χ1) is 21.3. The molecule has 0 bridgehead atoms. The lowest BCUT2D eigenvalue weighted by molar-refractivity contribution is 0.0400. The lowest BCUT2D eigenvalue weighted by Gasteiger charge is -2.38. The summed E-state index contributed by atoms with van der Waals surface area (Å²) in [6.07, 6.45) is 10.2. The highest BCUT2D eigenvalue weighted by Gasteiger charge is 2.48. The van der Waals surface area contributed by atoms with Crippen molar-refractivity contribution in [3.05, 3.63) is 87.5 Å². The number of anilines is 2. The molecular weight excluding hydrogens is 593 g/mol. The summed E-state index contributed by atoms with van der Waals surface area (Å²) in [6, 6.07) is 9.63. The molecule has 7 rings (SSSR count). The molecule has 2 aliphatic heterocycles. The number of piperidine rings is 1. The van der Waals surface area contributed by atoms with Gasteiger partial charge in [0.25, 0.3) is 0 Å². The van der Waals surface area contributed by atoms with E-state index in [4.69, 9.17) is 0 Å². The van der Waals surface area contributed by atoms with Crippen LogP contribution in [-0.2, 0) is 6.54 Å². The summed E-state index contributed by atoms with van der Waals surface area (Å²) in [5.41, 5.74) is 4.07. The van der Waals surface area contributed by atoms with Gasteiger partial charge in [0, 0.05) is 68.1 Å². The van der Waals surface area contributed by atoms with Gasteiger partial charge in [0.2, 0.25) is 0 Å². The van der Waals surface area contributed by atoms with Gasteiger partial charge in [0.1, 0.15) is 5.65 Å². The van der Waals surface area contributed by atoms with Crippen molar-refractivity contribution in [1.82, 2.24) is 25.3 Å². The minimum atomic E-state index is -0.775. The first-order valence-corrected chi connectivity index (χ1v) is 15.8. The van der Waals surface area contributed by atoms with Gasteiger partial charge in [0.05, 0.1) is 22.9 Å². The van der Waals surface area contributed by atoms with Gasteiger partial charge in [-0.1, -0.05) is 0 Å². The summed E-state index contributed by atoms with van der Waals surface area (Å²) in [5, 5.41) is 14.9. The third-order valence-corrected chi connectivity index (χ3v) is 9.78. The molecule has 9 nitrogen and oxygen atoms in total. The minimum absolute atomic E-state index is 0. The maximum Gasteiger partial charge on any atom is 0.195 e. The summed E-state index contributed by atoms with van der Waals surface area (Å²) in [7, 11) is 0. The van der Waals surface area contributed by atoms with Gasteiger partial charge in [-0.2, -0.15) is 0 Å². The van der Waals surface area contributed by atoms with E-state index in [9.17, 15) is 9.90 Å². The number of nitrogens with one attached hydrogen (secondary N) is 2. The molecule has 0 aromatic carbocycles. The van der Waals surface area contributed by atoms with E-state index in [-0.39, 0.29) is 35.1 Å². The molecule has 3 N–H and O–H groups in total. The number of aryl methyl sites for hydroxylation is 2. The second-order valence-electron chi connectivity index (χ2n) is 13.0. The molecule has 3 fully saturated rings. The maximum absolute atomic E-state index is 15.4. The van der Waals surface area contributed by atoms with Crippen molar-refractivity contribution in [3.63, 3.8) is 0 Å². The Morgan fingerprint density at radius 2 is 1.96 bits per heavy atom. The number of aliphatic hydroxyl groups is 1. The number of hydrogen-bond acceptors (Lipinski definition) is 8. The number of pyridine rings is 4. The van der Waals surface area contributed by atoms with Gasteiger partial charge in [-0.25, -0.2) is 9.37 Å². The van der Waals surface area contributed by atoms with Crippen LogP contribution in [0.25, 0.3) is 11.0 Å². The summed E-state index contributed by atoms with van der Waals surface area (Å²) in [5.74, 6) is 0.241. The largest absolute Gasteiger partial charge is 0.388 e. The fourth-order valence-electron chi connectivity index (χ4n) is 7.16. The Morgan fingerprint density at radius 1 is 1.11 bits per heavy atom. The molecule has 45 heavy (non-hydrogen) atoms. The summed E-state index contributed by atoms with van der Waals surface area (Å²) >= 11 is 0. The Labute approximate surface area is 268 Å². The molecule has 2 saturated heterocycles. The second-order valence-corrected chi connectivity index (χ2v) is 13.0. The Morgan fingerprint density at radius 3 is 2.71 bits per heavy atom. The number of fused-ring (bicyclic) bond motifs is 1. The Bertz CT molecular complexity index is 1730. The van der Waals surface area contributed by atoms with E-state index in [0.717, 1.165) is 61.4 Å². The Balaban J connectivity index is 0.00000357. The lowest BCUT2D eigenvalue weighted by atomic mass is 9.86. The molecule has 1 unspecified atom stereocenters. The highest BCUT2D eigenvalue weighted by molar-refractivity contribution is 5.85. The molecule has 0 amide bonds. The van der Waals surface area contributed by atoms with Crippen LogP contribution in [0.2, 0.25) is 0 Å². The first kappa shape index (κ1) is 31.4. The van der Waals surface area contributed by atoms with Crippen LogP contribution in [0.1, 0.15) is 60.7 Å². The standard InChI is InChI=1S/C34H40FN7O2.ClH/c1-21-5-8-27(18-37-21)41-12-3-4-24(19-41)30(23-9-11-36-22(2)14-23)38-16-25-17-39-32-28(31(25)43)15-29(35)33(40-32)42-13-10-34(44,20-42)26-6-7-26;/h5,8-9,11,14-15,17-18,24,26,30,38,44H,3-4,6-7,10,12-13,16,19-20H2,1-2H3,(H,39,40,43);1H/t24-,30?,34-;/m0./s1. The smallest absolute Gasteiger partial charge is 0.195 e. The molecule has 1 saturated carbocycles. The zero-order chi connectivity index (χ0) is 30.4. The van der Waals surface area contributed by atoms with Crippen LogP contribution in [0.4, 0.5) is 15.9 Å². The van der Waals surface area contributed by atoms with E-state index in [1.54, 1.807) is 6.20 Å². The highest BCUT2D eigenvalue weighted by atomic mass is 35.5. The predicted octanol–water partition coefficient (Wildman–Crippen LogP) is 4.99. The van der Waals surface area contributed by atoms with Gasteiger partial charge < -0.3 is 25.2 Å². The molecule has 0 spiro atoms. The Kier molecular flexibility index (Phi) is 8.83. The van der Waals surface area contributed by atoms with Crippen molar-refractivity contribution in [3.8, 4) is 0 Å². The minimum Gasteiger partial charge on any atom is -0.388 e. The van der Waals surface area contributed by atoms with Crippen molar-refractivity contribution in [2.24, 2.45) is 11.8 Å². The third-order valence-electron chi connectivity index (χ3n) is 9.78. The number of rotatable bonds is 8. The number of aromatic nitrogens is 4. The van der Waals surface area contributed by atoms with Crippen LogP contribution in [0.5, 0.6) is 0 Å².